The van der Waals surface area contributed by atoms with Gasteiger partial charge in [0.2, 0.25) is 0 Å². The highest BCUT2D eigenvalue weighted by Crippen LogP contribution is 2.20. The number of hydrogen-bond donors (Lipinski definition) is 3. The third-order valence-electron chi connectivity index (χ3n) is 2.52. The van der Waals surface area contributed by atoms with E-state index in [2.05, 4.69) is 5.32 Å². The number of halogens is 1. The molecule has 0 saturated carbocycles. The molecule has 0 aliphatic carbocycles. The zero-order valence-electron chi connectivity index (χ0n) is 10.1. The van der Waals surface area contributed by atoms with Crippen LogP contribution >= 0.6 is 22.6 Å². The van der Waals surface area contributed by atoms with Gasteiger partial charge in [0.15, 0.2) is 0 Å². The summed E-state index contributed by atoms with van der Waals surface area (Å²) in [4.78, 5) is 22.1. The van der Waals surface area contributed by atoms with E-state index in [1.807, 2.05) is 22.6 Å². The molecular formula is C11H13IN2O5. The van der Waals surface area contributed by atoms with E-state index in [4.69, 9.17) is 10.2 Å². The van der Waals surface area contributed by atoms with Crippen LogP contribution in [0.3, 0.4) is 0 Å². The molecule has 8 heteroatoms. The van der Waals surface area contributed by atoms with Crippen molar-refractivity contribution in [2.75, 3.05) is 13.2 Å². The highest BCUT2D eigenvalue weighted by atomic mass is 127. The largest absolute Gasteiger partial charge is 0.394 e. The van der Waals surface area contributed by atoms with Gasteiger partial charge in [-0.1, -0.05) is 0 Å². The summed E-state index contributed by atoms with van der Waals surface area (Å²) in [6, 6.07) is 3.92. The zero-order valence-corrected chi connectivity index (χ0v) is 12.2. The van der Waals surface area contributed by atoms with Gasteiger partial charge in [0.25, 0.3) is 11.6 Å². The van der Waals surface area contributed by atoms with Crippen molar-refractivity contribution in [3.8, 4) is 0 Å². The van der Waals surface area contributed by atoms with E-state index in [1.54, 1.807) is 0 Å². The number of nitro groups is 1. The van der Waals surface area contributed by atoms with Gasteiger partial charge in [0, 0.05) is 15.7 Å². The van der Waals surface area contributed by atoms with Crippen molar-refractivity contribution in [3.05, 3.63) is 37.4 Å². The Hall–Kier alpha value is -1.26. The molecule has 0 aliphatic heterocycles. The fourth-order valence-corrected chi connectivity index (χ4v) is 1.85. The van der Waals surface area contributed by atoms with Crippen molar-refractivity contribution in [1.29, 1.82) is 0 Å². The molecule has 0 saturated heterocycles. The number of rotatable bonds is 5. The van der Waals surface area contributed by atoms with E-state index < -0.39 is 29.6 Å². The van der Waals surface area contributed by atoms with Crippen LogP contribution in [0.5, 0.6) is 0 Å². The summed E-state index contributed by atoms with van der Waals surface area (Å²) in [5.74, 6) is -0.585. The minimum absolute atomic E-state index is 0.128. The van der Waals surface area contributed by atoms with Crippen molar-refractivity contribution < 1.29 is 19.9 Å². The quantitative estimate of drug-likeness (QED) is 0.395. The maximum absolute atomic E-state index is 12.0. The molecule has 1 aromatic rings. The van der Waals surface area contributed by atoms with Crippen molar-refractivity contribution in [2.45, 2.75) is 12.5 Å². The number of carbonyl (C=O) groups is 1. The Morgan fingerprint density at radius 3 is 2.53 bits per heavy atom. The third-order valence-corrected chi connectivity index (χ3v) is 3.46. The van der Waals surface area contributed by atoms with Crippen LogP contribution in [0, 0.1) is 13.7 Å². The molecule has 0 heterocycles. The van der Waals surface area contributed by atoms with Crippen molar-refractivity contribution in [1.82, 2.24) is 5.32 Å². The Labute approximate surface area is 122 Å². The van der Waals surface area contributed by atoms with E-state index in [1.165, 1.54) is 19.1 Å². The lowest BCUT2D eigenvalue weighted by Crippen LogP contribution is -2.51. The molecule has 0 bridgehead atoms. The van der Waals surface area contributed by atoms with Crippen molar-refractivity contribution in [2.24, 2.45) is 0 Å². The second-order valence-corrected chi connectivity index (χ2v) is 5.41. The highest BCUT2D eigenvalue weighted by molar-refractivity contribution is 14.1. The maximum Gasteiger partial charge on any atom is 0.270 e. The average molecular weight is 380 g/mol. The number of benzene rings is 1. The van der Waals surface area contributed by atoms with Crippen LogP contribution in [-0.4, -0.2) is 39.8 Å². The normalized spacial score (nSPS) is 11.2. The minimum atomic E-state index is -1.18. The fourth-order valence-electron chi connectivity index (χ4n) is 1.27. The van der Waals surface area contributed by atoms with Crippen molar-refractivity contribution >= 4 is 34.2 Å². The van der Waals surface area contributed by atoms with Crippen LogP contribution in [-0.2, 0) is 0 Å². The number of nitrogens with one attached hydrogen (secondary N) is 1. The van der Waals surface area contributed by atoms with Crippen LogP contribution in [0.2, 0.25) is 0 Å². The molecule has 0 atom stereocenters. The SMILES string of the molecule is CC(CO)(CO)NC(=O)c1cc([N+](=O)[O-])ccc1I. The molecule has 104 valence electrons. The smallest absolute Gasteiger partial charge is 0.270 e. The van der Waals surface area contributed by atoms with Gasteiger partial charge in [-0.15, -0.1) is 0 Å². The van der Waals surface area contributed by atoms with Crippen LogP contribution in [0.25, 0.3) is 0 Å². The molecule has 3 N–H and O–H groups in total. The first-order valence-electron chi connectivity index (χ1n) is 5.31. The monoisotopic (exact) mass is 380 g/mol. The number of carbonyl (C=O) groups excluding carboxylic acids is 1. The predicted molar refractivity (Wildman–Crippen MR) is 75.9 cm³/mol. The Kier molecular flexibility index (Phi) is 5.20. The Balaban J connectivity index is 3.06. The first-order valence-corrected chi connectivity index (χ1v) is 6.39. The fraction of sp³-hybridized carbons (Fsp3) is 0.364. The molecule has 0 unspecified atom stereocenters. The Morgan fingerprint density at radius 1 is 1.47 bits per heavy atom. The summed E-state index contributed by atoms with van der Waals surface area (Å²) in [5, 5.41) is 31.3. The molecule has 1 aromatic carbocycles. The van der Waals surface area contributed by atoms with Crippen LogP contribution in [0.4, 0.5) is 5.69 Å². The summed E-state index contributed by atoms with van der Waals surface area (Å²) in [6.45, 7) is 0.580. The molecule has 1 rings (SSSR count). The van der Waals surface area contributed by atoms with Crippen molar-refractivity contribution in [3.63, 3.8) is 0 Å². The summed E-state index contributed by atoms with van der Waals surface area (Å²) < 4.78 is 0.541. The zero-order chi connectivity index (χ0) is 14.6. The minimum Gasteiger partial charge on any atom is -0.394 e. The molecule has 19 heavy (non-hydrogen) atoms. The summed E-state index contributed by atoms with van der Waals surface area (Å²) in [5.41, 5.74) is -1.24. The lowest BCUT2D eigenvalue weighted by Gasteiger charge is -2.26. The third kappa shape index (κ3) is 3.85. The van der Waals surface area contributed by atoms with Gasteiger partial charge in [-0.2, -0.15) is 0 Å². The Bertz CT molecular complexity index is 502. The molecular weight excluding hydrogens is 367 g/mol. The first-order chi connectivity index (χ1) is 8.83. The molecule has 0 aliphatic rings. The van der Waals surface area contributed by atoms with Gasteiger partial charge >= 0.3 is 0 Å². The second-order valence-electron chi connectivity index (χ2n) is 4.25. The Morgan fingerprint density at radius 2 is 2.05 bits per heavy atom. The van der Waals surface area contributed by atoms with Crippen LogP contribution < -0.4 is 5.32 Å². The lowest BCUT2D eigenvalue weighted by molar-refractivity contribution is -0.384. The lowest BCUT2D eigenvalue weighted by atomic mass is 10.0. The number of nitrogens with zero attached hydrogens (tertiary/aromatic N) is 1. The van der Waals surface area contributed by atoms with Gasteiger partial charge in [-0.05, 0) is 35.6 Å². The van der Waals surface area contributed by atoms with Gasteiger partial charge in [0.1, 0.15) is 0 Å². The number of aliphatic hydroxyl groups is 2. The van der Waals surface area contributed by atoms with Crippen LogP contribution in [0.1, 0.15) is 17.3 Å². The average Bonchev–Trinajstić information content (AvgIpc) is 2.38. The van der Waals surface area contributed by atoms with Gasteiger partial charge in [-0.3, -0.25) is 14.9 Å². The first kappa shape index (κ1) is 15.8. The van der Waals surface area contributed by atoms with E-state index in [0.717, 1.165) is 6.07 Å². The number of aliphatic hydroxyl groups excluding tert-OH is 2. The van der Waals surface area contributed by atoms with E-state index >= 15 is 0 Å². The molecule has 0 aromatic heterocycles. The molecule has 7 nitrogen and oxygen atoms in total. The van der Waals surface area contributed by atoms with E-state index in [0.29, 0.717) is 3.57 Å². The van der Waals surface area contributed by atoms with E-state index in [9.17, 15) is 14.9 Å². The number of hydrogen-bond acceptors (Lipinski definition) is 5. The number of nitro benzene ring substituents is 1. The summed E-state index contributed by atoms with van der Waals surface area (Å²) in [6.07, 6.45) is 0. The molecule has 1 amide bonds. The maximum atomic E-state index is 12.0. The summed E-state index contributed by atoms with van der Waals surface area (Å²) in [7, 11) is 0. The van der Waals surface area contributed by atoms with Gasteiger partial charge in [0.05, 0.1) is 29.2 Å². The molecule has 0 spiro atoms. The second kappa shape index (κ2) is 6.26. The molecule has 0 radical (unpaired) electrons. The predicted octanol–water partition coefficient (Wildman–Crippen LogP) is 0.672. The highest BCUT2D eigenvalue weighted by Gasteiger charge is 2.26. The van der Waals surface area contributed by atoms with E-state index in [-0.39, 0.29) is 11.3 Å². The number of non-ortho nitro benzene ring substituents is 1. The van der Waals surface area contributed by atoms with Gasteiger partial charge < -0.3 is 15.5 Å². The van der Waals surface area contributed by atoms with Crippen LogP contribution in [0.15, 0.2) is 18.2 Å². The topological polar surface area (TPSA) is 113 Å². The van der Waals surface area contributed by atoms with Gasteiger partial charge in [-0.25, -0.2) is 0 Å². The molecule has 0 fully saturated rings. The standard InChI is InChI=1S/C11H13IN2O5/c1-11(5-15,6-16)13-10(17)8-4-7(14(18)19)2-3-9(8)12/h2-4,15-16H,5-6H2,1H3,(H,13,17). The number of amides is 1. The summed E-state index contributed by atoms with van der Waals surface area (Å²) >= 11 is 1.88.